The summed E-state index contributed by atoms with van der Waals surface area (Å²) in [7, 11) is 0. The molecule has 1 aromatic heterocycles. The Morgan fingerprint density at radius 2 is 1.73 bits per heavy atom. The van der Waals surface area contributed by atoms with E-state index in [9.17, 15) is 9.90 Å². The predicted molar refractivity (Wildman–Crippen MR) is 125 cm³/mol. The third-order valence-corrected chi connectivity index (χ3v) is 6.41. The van der Waals surface area contributed by atoms with Gasteiger partial charge >= 0.3 is 5.97 Å². The van der Waals surface area contributed by atoms with Gasteiger partial charge in [-0.2, -0.15) is 0 Å². The number of phenols is 1. The minimum Gasteiger partial charge on any atom is -0.507 e. The van der Waals surface area contributed by atoms with Gasteiger partial charge in [0.25, 0.3) is 0 Å². The van der Waals surface area contributed by atoms with Crippen molar-refractivity contribution in [2.45, 2.75) is 17.6 Å². The maximum atomic E-state index is 13.0. The standard InChI is InChI=1S/C24H20BrNO3S/c1-2-29-24(28)23-18-13-22(27)19(25)14-20(18)26(16-9-5-3-6-10-16)21(23)15-30-17-11-7-4-8-12-17/h3-14,27H,2,15H2,1H3. The van der Waals surface area contributed by atoms with Crippen molar-refractivity contribution in [3.63, 3.8) is 0 Å². The van der Waals surface area contributed by atoms with Gasteiger partial charge in [-0.1, -0.05) is 36.4 Å². The average molecular weight is 482 g/mol. The molecule has 0 aliphatic carbocycles. The number of carbonyl (C=O) groups is 1. The van der Waals surface area contributed by atoms with Crippen LogP contribution in [0.15, 0.2) is 82.2 Å². The molecule has 0 atom stereocenters. The summed E-state index contributed by atoms with van der Waals surface area (Å²) in [6.45, 7) is 2.07. The van der Waals surface area contributed by atoms with Crippen molar-refractivity contribution < 1.29 is 14.6 Å². The number of esters is 1. The fraction of sp³-hybridized carbons (Fsp3) is 0.125. The molecule has 0 saturated carbocycles. The summed E-state index contributed by atoms with van der Waals surface area (Å²) >= 11 is 5.07. The maximum absolute atomic E-state index is 13.0. The Labute approximate surface area is 187 Å². The fourth-order valence-corrected chi connectivity index (χ4v) is 4.72. The number of aromatic hydroxyl groups is 1. The van der Waals surface area contributed by atoms with Gasteiger partial charge in [-0.25, -0.2) is 4.79 Å². The van der Waals surface area contributed by atoms with Crippen LogP contribution in [0.4, 0.5) is 0 Å². The fourth-order valence-electron chi connectivity index (χ4n) is 3.46. The zero-order chi connectivity index (χ0) is 21.1. The molecule has 0 bridgehead atoms. The molecule has 1 N–H and O–H groups in total. The largest absolute Gasteiger partial charge is 0.507 e. The van der Waals surface area contributed by atoms with Crippen LogP contribution in [0.5, 0.6) is 5.75 Å². The number of thioether (sulfide) groups is 1. The topological polar surface area (TPSA) is 51.5 Å². The number of benzene rings is 3. The first-order valence-electron chi connectivity index (χ1n) is 9.56. The van der Waals surface area contributed by atoms with E-state index in [0.717, 1.165) is 21.8 Å². The van der Waals surface area contributed by atoms with Crippen LogP contribution < -0.4 is 0 Å². The first-order valence-corrected chi connectivity index (χ1v) is 11.3. The first kappa shape index (κ1) is 20.6. The quantitative estimate of drug-likeness (QED) is 0.250. The van der Waals surface area contributed by atoms with E-state index in [1.165, 1.54) is 0 Å². The van der Waals surface area contributed by atoms with Crippen molar-refractivity contribution in [2.24, 2.45) is 0 Å². The second-order valence-corrected chi connectivity index (χ2v) is 8.54. The number of hydrogen-bond acceptors (Lipinski definition) is 4. The molecule has 4 aromatic rings. The number of aromatic nitrogens is 1. The summed E-state index contributed by atoms with van der Waals surface area (Å²) in [5.74, 6) is 0.267. The van der Waals surface area contributed by atoms with Gasteiger partial charge < -0.3 is 14.4 Å². The minimum atomic E-state index is -0.387. The number of fused-ring (bicyclic) bond motifs is 1. The molecule has 30 heavy (non-hydrogen) atoms. The summed E-state index contributed by atoms with van der Waals surface area (Å²) < 4.78 is 8.04. The number of ether oxygens (including phenoxy) is 1. The monoisotopic (exact) mass is 481 g/mol. The number of nitrogens with zero attached hydrogens (tertiary/aromatic N) is 1. The Bertz CT molecular complexity index is 1190. The summed E-state index contributed by atoms with van der Waals surface area (Å²) in [5, 5.41) is 11.0. The van der Waals surface area contributed by atoms with Gasteiger partial charge in [0.1, 0.15) is 5.75 Å². The lowest BCUT2D eigenvalue weighted by Gasteiger charge is -2.12. The van der Waals surface area contributed by atoms with Gasteiger partial charge in [-0.05, 0) is 59.3 Å². The van der Waals surface area contributed by atoms with E-state index in [4.69, 9.17) is 4.74 Å². The molecule has 1 heterocycles. The number of rotatable bonds is 6. The van der Waals surface area contributed by atoms with Crippen LogP contribution in [0.3, 0.4) is 0 Å². The van der Waals surface area contributed by atoms with Gasteiger partial charge in [0.2, 0.25) is 0 Å². The summed E-state index contributed by atoms with van der Waals surface area (Å²) in [5.41, 5.74) is 3.10. The molecule has 0 fully saturated rings. The Kier molecular flexibility index (Phi) is 6.16. The Hall–Kier alpha value is -2.70. The molecule has 0 aliphatic heterocycles. The predicted octanol–water partition coefficient (Wildman–Crippen LogP) is 6.57. The summed E-state index contributed by atoms with van der Waals surface area (Å²) in [6, 6.07) is 23.4. The maximum Gasteiger partial charge on any atom is 0.340 e. The average Bonchev–Trinajstić information content (AvgIpc) is 3.07. The van der Waals surface area contributed by atoms with Crippen molar-refractivity contribution in [2.75, 3.05) is 6.61 Å². The zero-order valence-electron chi connectivity index (χ0n) is 16.3. The number of para-hydroxylation sites is 1. The van der Waals surface area contributed by atoms with Gasteiger partial charge in [-0.3, -0.25) is 0 Å². The normalized spacial score (nSPS) is 11.0. The van der Waals surface area contributed by atoms with Crippen molar-refractivity contribution in [1.82, 2.24) is 4.57 Å². The van der Waals surface area contributed by atoms with Crippen molar-refractivity contribution in [3.05, 3.63) is 88.5 Å². The van der Waals surface area contributed by atoms with Crippen LogP contribution in [0.25, 0.3) is 16.6 Å². The van der Waals surface area contributed by atoms with Crippen molar-refractivity contribution in [1.29, 1.82) is 0 Å². The first-order chi connectivity index (χ1) is 14.6. The molecule has 0 aliphatic rings. The van der Waals surface area contributed by atoms with E-state index in [0.29, 0.717) is 21.2 Å². The Morgan fingerprint density at radius 1 is 1.07 bits per heavy atom. The Morgan fingerprint density at radius 3 is 2.40 bits per heavy atom. The van der Waals surface area contributed by atoms with Gasteiger partial charge in [-0.15, -0.1) is 11.8 Å². The molecule has 0 radical (unpaired) electrons. The van der Waals surface area contributed by atoms with E-state index in [1.54, 1.807) is 24.8 Å². The highest BCUT2D eigenvalue weighted by atomic mass is 79.9. The number of phenolic OH excluding ortho intramolecular Hbond substituents is 1. The van der Waals surface area contributed by atoms with E-state index >= 15 is 0 Å². The highest BCUT2D eigenvalue weighted by Crippen LogP contribution is 2.38. The highest BCUT2D eigenvalue weighted by Gasteiger charge is 2.25. The van der Waals surface area contributed by atoms with Crippen molar-refractivity contribution in [3.8, 4) is 11.4 Å². The lowest BCUT2D eigenvalue weighted by molar-refractivity contribution is 0.0527. The molecule has 3 aromatic carbocycles. The lowest BCUT2D eigenvalue weighted by Crippen LogP contribution is -2.09. The molecule has 0 saturated heterocycles. The van der Waals surface area contributed by atoms with E-state index in [1.807, 2.05) is 66.7 Å². The second-order valence-electron chi connectivity index (χ2n) is 6.64. The molecule has 6 heteroatoms. The van der Waals surface area contributed by atoms with Gasteiger partial charge in [0.05, 0.1) is 22.2 Å². The molecule has 4 rings (SSSR count). The molecule has 4 nitrogen and oxygen atoms in total. The molecular weight excluding hydrogens is 462 g/mol. The second kappa shape index (κ2) is 8.98. The van der Waals surface area contributed by atoms with Crippen molar-refractivity contribution >= 4 is 44.6 Å². The van der Waals surface area contributed by atoms with Gasteiger partial charge in [0.15, 0.2) is 0 Å². The molecule has 0 spiro atoms. The van der Waals surface area contributed by atoms with E-state index in [-0.39, 0.29) is 18.3 Å². The zero-order valence-corrected chi connectivity index (χ0v) is 18.7. The SMILES string of the molecule is CCOC(=O)c1c(CSc2ccccc2)n(-c2ccccc2)c2cc(Br)c(O)cc12. The molecule has 152 valence electrons. The third kappa shape index (κ3) is 3.98. The Balaban J connectivity index is 1.97. The summed E-state index contributed by atoms with van der Waals surface area (Å²) in [4.78, 5) is 14.1. The lowest BCUT2D eigenvalue weighted by atomic mass is 10.1. The van der Waals surface area contributed by atoms with Crippen LogP contribution in [-0.4, -0.2) is 22.2 Å². The number of carbonyl (C=O) groups excluding carboxylic acids is 1. The van der Waals surface area contributed by atoms with E-state index < -0.39 is 0 Å². The highest BCUT2D eigenvalue weighted by molar-refractivity contribution is 9.10. The minimum absolute atomic E-state index is 0.0838. The molecular formula is C24H20BrNO3S. The molecule has 0 unspecified atom stereocenters. The van der Waals surface area contributed by atoms with Crippen LogP contribution >= 0.6 is 27.7 Å². The molecule has 0 amide bonds. The number of halogens is 1. The van der Waals surface area contributed by atoms with E-state index in [2.05, 4.69) is 20.5 Å². The van der Waals surface area contributed by atoms with Crippen LogP contribution in [-0.2, 0) is 10.5 Å². The van der Waals surface area contributed by atoms with Crippen LogP contribution in [0.1, 0.15) is 23.0 Å². The van der Waals surface area contributed by atoms with Crippen LogP contribution in [0.2, 0.25) is 0 Å². The van der Waals surface area contributed by atoms with Gasteiger partial charge in [0, 0.05) is 27.4 Å². The van der Waals surface area contributed by atoms with Crippen LogP contribution in [0, 0.1) is 0 Å². The number of hydrogen-bond donors (Lipinski definition) is 1. The smallest absolute Gasteiger partial charge is 0.340 e. The summed E-state index contributed by atoms with van der Waals surface area (Å²) in [6.07, 6.45) is 0. The third-order valence-electron chi connectivity index (χ3n) is 4.75.